The molecule has 1 aromatic carbocycles. The smallest absolute Gasteiger partial charge is 0 e. The predicted molar refractivity (Wildman–Crippen MR) is 73.1 cm³/mol. The van der Waals surface area contributed by atoms with Crippen LogP contribution in [0, 0.1) is 12.5 Å². The standard InChI is InChI=1S/C9H11.C3H7.C2H6.CH4.Y/c1-8(2)9-6-4-3-5-7-9;1-3-2;1-2;;/h3-6,8H,1-2H3;3H,1-2H3;1-2H3;1H4;/q2*-1;;;. The Morgan fingerprint density at radius 2 is 1.56 bits per heavy atom. The Hall–Kier alpha value is 0.324. The van der Waals surface area contributed by atoms with Crippen molar-refractivity contribution in [1.82, 2.24) is 0 Å². The number of benzene rings is 1. The summed E-state index contributed by atoms with van der Waals surface area (Å²) in [4.78, 5) is 0. The summed E-state index contributed by atoms with van der Waals surface area (Å²) in [6, 6.07) is 11.3. The fourth-order valence-corrected chi connectivity index (χ4v) is 0.766. The Morgan fingerprint density at radius 1 is 1.12 bits per heavy atom. The maximum absolute atomic E-state index is 3.17. The summed E-state index contributed by atoms with van der Waals surface area (Å²) in [6.45, 7) is 12.3. The van der Waals surface area contributed by atoms with E-state index in [4.69, 9.17) is 0 Å². The van der Waals surface area contributed by atoms with Crippen LogP contribution in [0.4, 0.5) is 0 Å². The first kappa shape index (κ1) is 25.2. The SMILES string of the molecule is C.CC.CC(C)c1[c-]cccc1.C[CH-]C.[Y]. The first-order valence-corrected chi connectivity index (χ1v) is 5.43. The fraction of sp³-hybridized carbons (Fsp3) is 0.533. The van der Waals surface area contributed by atoms with Crippen LogP contribution in [0.15, 0.2) is 24.3 Å². The Labute approximate surface area is 129 Å². The van der Waals surface area contributed by atoms with E-state index in [0.717, 1.165) is 0 Å². The second-order valence-corrected chi connectivity index (χ2v) is 3.05. The van der Waals surface area contributed by atoms with Crippen LogP contribution in [-0.4, -0.2) is 0 Å². The van der Waals surface area contributed by atoms with Crippen LogP contribution >= 0.6 is 0 Å². The maximum Gasteiger partial charge on any atom is 0 e. The van der Waals surface area contributed by atoms with E-state index < -0.39 is 0 Å². The summed E-state index contributed by atoms with van der Waals surface area (Å²) < 4.78 is 0. The van der Waals surface area contributed by atoms with Crippen LogP contribution in [0.2, 0.25) is 0 Å². The second kappa shape index (κ2) is 20.7. The van der Waals surface area contributed by atoms with E-state index in [2.05, 4.69) is 26.0 Å². The Kier molecular flexibility index (Phi) is 32.7. The van der Waals surface area contributed by atoms with Gasteiger partial charge in [0, 0.05) is 32.7 Å². The van der Waals surface area contributed by atoms with Gasteiger partial charge in [-0.05, 0) is 5.92 Å². The molecule has 0 aliphatic carbocycles. The van der Waals surface area contributed by atoms with Crippen molar-refractivity contribution in [3.63, 3.8) is 0 Å². The molecule has 0 saturated heterocycles. The monoisotopic (exact) mass is 297 g/mol. The Bertz CT molecular complexity index is 180. The van der Waals surface area contributed by atoms with Crippen LogP contribution in [0.1, 0.15) is 60.5 Å². The molecule has 0 heterocycles. The minimum Gasteiger partial charge on any atom is -0.335 e. The molecule has 0 spiro atoms. The van der Waals surface area contributed by atoms with Gasteiger partial charge in [0.05, 0.1) is 0 Å². The average Bonchev–Trinajstić information content (AvgIpc) is 2.23. The summed E-state index contributed by atoms with van der Waals surface area (Å²) in [5.74, 6) is 0.603. The van der Waals surface area contributed by atoms with Gasteiger partial charge in [-0.25, -0.2) is 0 Å². The maximum atomic E-state index is 3.17. The zero-order chi connectivity index (χ0) is 11.4. The molecule has 1 radical (unpaired) electrons. The van der Waals surface area contributed by atoms with Gasteiger partial charge in [0.2, 0.25) is 0 Å². The van der Waals surface area contributed by atoms with Gasteiger partial charge in [-0.2, -0.15) is 49.7 Å². The van der Waals surface area contributed by atoms with Crippen molar-refractivity contribution in [2.75, 3.05) is 0 Å². The molecule has 1 heteroatoms. The summed E-state index contributed by atoms with van der Waals surface area (Å²) >= 11 is 0. The van der Waals surface area contributed by atoms with E-state index in [0.29, 0.717) is 5.92 Å². The van der Waals surface area contributed by atoms with E-state index in [9.17, 15) is 0 Å². The third-order valence-corrected chi connectivity index (χ3v) is 1.36. The van der Waals surface area contributed by atoms with Crippen molar-refractivity contribution in [2.45, 2.75) is 54.9 Å². The van der Waals surface area contributed by atoms with E-state index in [1.54, 1.807) is 0 Å². The molecule has 16 heavy (non-hydrogen) atoms. The molecule has 1 aromatic rings. The summed E-state index contributed by atoms with van der Waals surface area (Å²) in [6.07, 6.45) is 2.00. The third-order valence-electron chi connectivity index (χ3n) is 1.36. The van der Waals surface area contributed by atoms with Gasteiger partial charge in [0.1, 0.15) is 0 Å². The molecule has 0 unspecified atom stereocenters. The Morgan fingerprint density at radius 3 is 1.75 bits per heavy atom. The van der Waals surface area contributed by atoms with Crippen molar-refractivity contribution < 1.29 is 32.7 Å². The quantitative estimate of drug-likeness (QED) is 0.600. The molecule has 1 rings (SSSR count). The largest absolute Gasteiger partial charge is 0.335 e. The molecule has 0 aliphatic heterocycles. The van der Waals surface area contributed by atoms with Gasteiger partial charge in [-0.1, -0.05) is 35.1 Å². The molecule has 0 aromatic heterocycles. The molecule has 0 N–H and O–H groups in total. The minimum absolute atomic E-state index is 0. The number of hydrogen-bond acceptors (Lipinski definition) is 0. The van der Waals surface area contributed by atoms with E-state index in [-0.39, 0.29) is 40.1 Å². The minimum atomic E-state index is 0. The zero-order valence-electron chi connectivity index (χ0n) is 11.0. The summed E-state index contributed by atoms with van der Waals surface area (Å²) in [7, 11) is 0. The topological polar surface area (TPSA) is 0 Å². The van der Waals surface area contributed by atoms with E-state index in [1.807, 2.05) is 52.3 Å². The second-order valence-electron chi connectivity index (χ2n) is 3.05. The van der Waals surface area contributed by atoms with Gasteiger partial charge in [-0.15, -0.1) is 0 Å². The van der Waals surface area contributed by atoms with Gasteiger partial charge < -0.3 is 6.42 Å². The number of hydrogen-bond donors (Lipinski definition) is 0. The van der Waals surface area contributed by atoms with Gasteiger partial charge >= 0.3 is 0 Å². The van der Waals surface area contributed by atoms with Crippen LogP contribution in [0.3, 0.4) is 0 Å². The fourth-order valence-electron chi connectivity index (χ4n) is 0.766. The average molecular weight is 297 g/mol. The van der Waals surface area contributed by atoms with Crippen molar-refractivity contribution in [3.8, 4) is 0 Å². The van der Waals surface area contributed by atoms with Gasteiger partial charge in [-0.3, -0.25) is 0 Å². The summed E-state index contributed by atoms with van der Waals surface area (Å²) in [5, 5.41) is 0. The van der Waals surface area contributed by atoms with Gasteiger partial charge in [0.25, 0.3) is 0 Å². The molecule has 0 nitrogen and oxygen atoms in total. The molecule has 0 saturated carbocycles. The Balaban J connectivity index is -0.0000000907. The first-order chi connectivity index (χ1) is 6.72. The molecule has 0 aliphatic rings. The van der Waals surface area contributed by atoms with E-state index in [1.165, 1.54) is 5.56 Å². The van der Waals surface area contributed by atoms with Crippen LogP contribution in [0.5, 0.6) is 0 Å². The molecular formula is C15H28Y-2. The molecule has 0 atom stereocenters. The van der Waals surface area contributed by atoms with E-state index >= 15 is 0 Å². The molecule has 93 valence electrons. The van der Waals surface area contributed by atoms with Crippen molar-refractivity contribution >= 4 is 0 Å². The third kappa shape index (κ3) is 16.7. The van der Waals surface area contributed by atoms with Crippen LogP contribution in [-0.2, 0) is 32.7 Å². The zero-order valence-corrected chi connectivity index (χ0v) is 13.9. The normalized spacial score (nSPS) is 7.19. The molecule has 0 bridgehead atoms. The summed E-state index contributed by atoms with van der Waals surface area (Å²) in [5.41, 5.74) is 1.29. The number of rotatable bonds is 1. The van der Waals surface area contributed by atoms with Crippen LogP contribution < -0.4 is 0 Å². The molecule has 0 fully saturated rings. The van der Waals surface area contributed by atoms with Crippen molar-refractivity contribution in [2.24, 2.45) is 0 Å². The van der Waals surface area contributed by atoms with Crippen LogP contribution in [0.25, 0.3) is 0 Å². The molecule has 0 amide bonds. The van der Waals surface area contributed by atoms with Gasteiger partial charge in [0.15, 0.2) is 0 Å². The first-order valence-electron chi connectivity index (χ1n) is 5.43. The predicted octanol–water partition coefficient (Wildman–Crippen LogP) is 5.50. The van der Waals surface area contributed by atoms with Crippen molar-refractivity contribution in [3.05, 3.63) is 42.3 Å². The molecular weight excluding hydrogens is 269 g/mol. The van der Waals surface area contributed by atoms with Crippen molar-refractivity contribution in [1.29, 1.82) is 0 Å².